The Balaban J connectivity index is 1.42. The summed E-state index contributed by atoms with van der Waals surface area (Å²) < 4.78 is 1.44. The summed E-state index contributed by atoms with van der Waals surface area (Å²) in [6, 6.07) is 12.0. The fraction of sp³-hybridized carbons (Fsp3) is 0.250. The molecule has 6 nitrogen and oxygen atoms in total. The highest BCUT2D eigenvalue weighted by Crippen LogP contribution is 2.15. The van der Waals surface area contributed by atoms with Gasteiger partial charge in [0.15, 0.2) is 0 Å². The molecule has 0 bridgehead atoms. The molecular formula is C20H18Cl2N4O2. The van der Waals surface area contributed by atoms with E-state index in [1.807, 2.05) is 4.90 Å². The fourth-order valence-corrected chi connectivity index (χ4v) is 3.70. The Hall–Kier alpha value is -2.41. The van der Waals surface area contributed by atoms with Crippen LogP contribution in [-0.2, 0) is 6.54 Å². The van der Waals surface area contributed by atoms with Crippen molar-refractivity contribution < 1.29 is 4.79 Å². The minimum atomic E-state index is -0.155. The van der Waals surface area contributed by atoms with E-state index in [2.05, 4.69) is 9.88 Å². The van der Waals surface area contributed by atoms with Crippen LogP contribution in [0.1, 0.15) is 16.1 Å². The molecule has 0 saturated carbocycles. The first-order chi connectivity index (χ1) is 13.5. The third-order valence-electron chi connectivity index (χ3n) is 4.79. The number of pyridine rings is 1. The van der Waals surface area contributed by atoms with Crippen molar-refractivity contribution in [1.29, 1.82) is 0 Å². The Kier molecular flexibility index (Phi) is 5.35. The molecule has 144 valence electrons. The Morgan fingerprint density at radius 3 is 2.54 bits per heavy atom. The van der Waals surface area contributed by atoms with E-state index in [0.717, 1.165) is 0 Å². The topological polar surface area (TPSA) is 57.9 Å². The van der Waals surface area contributed by atoms with Gasteiger partial charge in [-0.25, -0.2) is 4.98 Å². The molecule has 28 heavy (non-hydrogen) atoms. The van der Waals surface area contributed by atoms with Crippen molar-refractivity contribution in [1.82, 2.24) is 19.2 Å². The Bertz CT molecular complexity index is 1090. The molecule has 1 amide bonds. The summed E-state index contributed by atoms with van der Waals surface area (Å²) in [5.41, 5.74) is 1.73. The molecule has 1 aromatic carbocycles. The molecule has 1 aliphatic heterocycles. The Labute approximate surface area is 171 Å². The van der Waals surface area contributed by atoms with E-state index in [1.54, 1.807) is 42.6 Å². The van der Waals surface area contributed by atoms with Crippen molar-refractivity contribution >= 4 is 34.8 Å². The molecule has 0 N–H and O–H groups in total. The van der Waals surface area contributed by atoms with Gasteiger partial charge in [-0.2, -0.15) is 0 Å². The SMILES string of the molecule is O=C(c1cccc(Cl)c1)N1CCN(Cc2cc(=O)n3cc(Cl)ccc3n2)CC1. The van der Waals surface area contributed by atoms with E-state index in [-0.39, 0.29) is 11.5 Å². The minimum absolute atomic E-state index is 0.0129. The molecule has 4 rings (SSSR count). The van der Waals surface area contributed by atoms with Gasteiger partial charge in [-0.3, -0.25) is 18.9 Å². The highest BCUT2D eigenvalue weighted by Gasteiger charge is 2.22. The number of hydrogen-bond donors (Lipinski definition) is 0. The molecule has 8 heteroatoms. The van der Waals surface area contributed by atoms with Gasteiger partial charge in [0.25, 0.3) is 11.5 Å². The van der Waals surface area contributed by atoms with Gasteiger partial charge in [0.1, 0.15) is 5.65 Å². The average Bonchev–Trinajstić information content (AvgIpc) is 2.69. The van der Waals surface area contributed by atoms with Crippen LogP contribution in [0.15, 0.2) is 53.5 Å². The molecule has 1 fully saturated rings. The number of hydrogen-bond acceptors (Lipinski definition) is 4. The molecule has 0 spiro atoms. The summed E-state index contributed by atoms with van der Waals surface area (Å²) in [6.07, 6.45) is 1.57. The first-order valence-corrected chi connectivity index (χ1v) is 9.70. The number of carbonyl (C=O) groups is 1. The number of fused-ring (bicyclic) bond motifs is 1. The smallest absolute Gasteiger partial charge is 0.258 e. The molecule has 3 heterocycles. The van der Waals surface area contributed by atoms with Crippen molar-refractivity contribution in [3.8, 4) is 0 Å². The fourth-order valence-electron chi connectivity index (χ4n) is 3.35. The highest BCUT2D eigenvalue weighted by molar-refractivity contribution is 6.31. The molecule has 0 unspecified atom stereocenters. The van der Waals surface area contributed by atoms with Gasteiger partial charge in [0.2, 0.25) is 0 Å². The summed E-state index contributed by atoms with van der Waals surface area (Å²) in [6.45, 7) is 3.23. The van der Waals surface area contributed by atoms with Gasteiger partial charge in [-0.1, -0.05) is 29.3 Å². The maximum absolute atomic E-state index is 12.6. The van der Waals surface area contributed by atoms with Crippen molar-refractivity contribution in [3.05, 3.63) is 80.3 Å². The summed E-state index contributed by atoms with van der Waals surface area (Å²) in [4.78, 5) is 33.5. The minimum Gasteiger partial charge on any atom is -0.336 e. The Morgan fingerprint density at radius 1 is 1.00 bits per heavy atom. The second-order valence-electron chi connectivity index (χ2n) is 6.74. The zero-order valence-electron chi connectivity index (χ0n) is 15.0. The van der Waals surface area contributed by atoms with E-state index >= 15 is 0 Å². The summed E-state index contributed by atoms with van der Waals surface area (Å²) in [7, 11) is 0. The molecule has 0 aliphatic carbocycles. The van der Waals surface area contributed by atoms with Crippen LogP contribution >= 0.6 is 23.2 Å². The lowest BCUT2D eigenvalue weighted by molar-refractivity contribution is 0.0627. The molecule has 1 aliphatic rings. The molecular weight excluding hydrogens is 399 g/mol. The lowest BCUT2D eigenvalue weighted by Crippen LogP contribution is -2.48. The van der Waals surface area contributed by atoms with Crippen LogP contribution in [0.5, 0.6) is 0 Å². The predicted octanol–water partition coefficient (Wildman–Crippen LogP) is 2.96. The number of benzene rings is 1. The van der Waals surface area contributed by atoms with Gasteiger partial charge >= 0.3 is 0 Å². The third kappa shape index (κ3) is 4.04. The largest absolute Gasteiger partial charge is 0.336 e. The molecule has 2 aromatic heterocycles. The van der Waals surface area contributed by atoms with Crippen LogP contribution in [0.25, 0.3) is 5.65 Å². The van der Waals surface area contributed by atoms with Crippen LogP contribution < -0.4 is 5.56 Å². The monoisotopic (exact) mass is 416 g/mol. The first-order valence-electron chi connectivity index (χ1n) is 8.95. The van der Waals surface area contributed by atoms with Gasteiger partial charge in [-0.15, -0.1) is 0 Å². The zero-order valence-corrected chi connectivity index (χ0v) is 16.5. The van der Waals surface area contributed by atoms with Crippen LogP contribution in [0.4, 0.5) is 0 Å². The summed E-state index contributed by atoms with van der Waals surface area (Å²) in [5.74, 6) is -0.0129. The number of halogens is 2. The number of rotatable bonds is 3. The van der Waals surface area contributed by atoms with Crippen LogP contribution in [0, 0.1) is 0 Å². The summed E-state index contributed by atoms with van der Waals surface area (Å²) in [5, 5.41) is 1.05. The molecule has 1 saturated heterocycles. The second-order valence-corrected chi connectivity index (χ2v) is 7.61. The standard InChI is InChI=1S/C20H18Cl2N4O2/c21-15-3-1-2-14(10-15)20(28)25-8-6-24(7-9-25)13-17-11-19(27)26-12-16(22)4-5-18(26)23-17/h1-5,10-12H,6-9,13H2. The van der Waals surface area contributed by atoms with Crippen molar-refractivity contribution in [2.75, 3.05) is 26.2 Å². The van der Waals surface area contributed by atoms with E-state index in [4.69, 9.17) is 23.2 Å². The third-order valence-corrected chi connectivity index (χ3v) is 5.25. The van der Waals surface area contributed by atoms with Crippen molar-refractivity contribution in [3.63, 3.8) is 0 Å². The number of carbonyl (C=O) groups excluding carboxylic acids is 1. The van der Waals surface area contributed by atoms with Crippen LogP contribution in [0.3, 0.4) is 0 Å². The number of nitrogens with zero attached hydrogens (tertiary/aromatic N) is 4. The lowest BCUT2D eigenvalue weighted by Gasteiger charge is -2.34. The number of aromatic nitrogens is 2. The van der Waals surface area contributed by atoms with E-state index in [9.17, 15) is 9.59 Å². The predicted molar refractivity (Wildman–Crippen MR) is 109 cm³/mol. The average molecular weight is 417 g/mol. The van der Waals surface area contributed by atoms with E-state index in [1.165, 1.54) is 10.5 Å². The molecule has 0 radical (unpaired) electrons. The van der Waals surface area contributed by atoms with Crippen molar-refractivity contribution in [2.45, 2.75) is 6.54 Å². The van der Waals surface area contributed by atoms with Crippen LogP contribution in [0.2, 0.25) is 10.0 Å². The number of amides is 1. The Morgan fingerprint density at radius 2 is 1.79 bits per heavy atom. The second kappa shape index (κ2) is 7.91. The highest BCUT2D eigenvalue weighted by atomic mass is 35.5. The van der Waals surface area contributed by atoms with E-state index in [0.29, 0.717) is 59.7 Å². The van der Waals surface area contributed by atoms with E-state index < -0.39 is 0 Å². The van der Waals surface area contributed by atoms with Crippen molar-refractivity contribution in [2.24, 2.45) is 0 Å². The quantitative estimate of drug-likeness (QED) is 0.658. The zero-order chi connectivity index (χ0) is 19.7. The maximum atomic E-state index is 12.6. The number of piperazine rings is 1. The van der Waals surface area contributed by atoms with Crippen LogP contribution in [-0.4, -0.2) is 51.3 Å². The van der Waals surface area contributed by atoms with Gasteiger partial charge < -0.3 is 4.90 Å². The normalized spacial score (nSPS) is 15.1. The molecule has 0 atom stereocenters. The van der Waals surface area contributed by atoms with Gasteiger partial charge in [0.05, 0.1) is 10.7 Å². The first kappa shape index (κ1) is 18.9. The lowest BCUT2D eigenvalue weighted by atomic mass is 10.2. The maximum Gasteiger partial charge on any atom is 0.258 e. The molecule has 3 aromatic rings. The summed E-state index contributed by atoms with van der Waals surface area (Å²) >= 11 is 11.9. The van der Waals surface area contributed by atoms with Gasteiger partial charge in [0, 0.05) is 55.6 Å². The van der Waals surface area contributed by atoms with Gasteiger partial charge in [-0.05, 0) is 30.3 Å².